The number of rotatable bonds is 4. The number of carbonyl (C=O) groups excluding carboxylic acids is 1. The summed E-state index contributed by atoms with van der Waals surface area (Å²) in [6.07, 6.45) is -9.77. The molecule has 0 atom stereocenters. The fourth-order valence-corrected chi connectivity index (χ4v) is 2.49. The molecule has 0 fully saturated rings. The van der Waals surface area contributed by atoms with Crippen LogP contribution >= 0.6 is 0 Å². The van der Waals surface area contributed by atoms with E-state index in [2.05, 4.69) is 4.74 Å². The molecule has 0 saturated heterocycles. The van der Waals surface area contributed by atoms with Crippen LogP contribution in [-0.4, -0.2) is 34.3 Å². The predicted octanol–water partition coefficient (Wildman–Crippen LogP) is 2.66. The number of halogens is 6. The van der Waals surface area contributed by atoms with Crippen LogP contribution in [0.5, 0.6) is 0 Å². The third-order valence-electron chi connectivity index (χ3n) is 2.76. The lowest BCUT2D eigenvalue weighted by Gasteiger charge is -2.23. The molecule has 12 heteroatoms. The van der Waals surface area contributed by atoms with E-state index in [-0.39, 0.29) is 22.5 Å². The fourth-order valence-electron chi connectivity index (χ4n) is 1.66. The van der Waals surface area contributed by atoms with E-state index in [4.69, 9.17) is 0 Å². The van der Waals surface area contributed by atoms with Crippen molar-refractivity contribution in [2.45, 2.75) is 12.4 Å². The van der Waals surface area contributed by atoms with Crippen LogP contribution in [0.15, 0.2) is 18.2 Å². The second-order valence-electron chi connectivity index (χ2n) is 4.61. The first-order valence-electron chi connectivity index (χ1n) is 6.00. The summed E-state index contributed by atoms with van der Waals surface area (Å²) >= 11 is 0. The van der Waals surface area contributed by atoms with Crippen molar-refractivity contribution in [1.29, 1.82) is 0 Å². The first-order chi connectivity index (χ1) is 10.7. The summed E-state index contributed by atoms with van der Waals surface area (Å²) in [5.41, 5.74) is -4.36. The summed E-state index contributed by atoms with van der Waals surface area (Å²) in [5, 5.41) is 0. The molecule has 0 radical (unpaired) electrons. The number of sulfonamides is 1. The molecule has 0 aromatic heterocycles. The van der Waals surface area contributed by atoms with Gasteiger partial charge in [-0.15, -0.1) is 0 Å². The molecular weight excluding hydrogens is 368 g/mol. The van der Waals surface area contributed by atoms with E-state index in [0.29, 0.717) is 6.26 Å². The zero-order valence-corrected chi connectivity index (χ0v) is 13.0. The lowest BCUT2D eigenvalue weighted by atomic mass is 10.1. The number of benzene rings is 1. The Bertz CT molecular complexity index is 694. The summed E-state index contributed by atoms with van der Waals surface area (Å²) < 4.78 is 104. The van der Waals surface area contributed by atoms with Crippen molar-refractivity contribution in [1.82, 2.24) is 0 Å². The van der Waals surface area contributed by atoms with Gasteiger partial charge in [-0.05, 0) is 18.2 Å². The monoisotopic (exact) mass is 379 g/mol. The number of ether oxygens (including phenoxy) is 1. The number of carbonyl (C=O) groups is 1. The van der Waals surface area contributed by atoms with E-state index < -0.39 is 51.7 Å². The second kappa shape index (κ2) is 6.49. The Hall–Kier alpha value is -1.98. The van der Waals surface area contributed by atoms with Gasteiger partial charge in [-0.1, -0.05) is 0 Å². The number of hydrogen-bond acceptors (Lipinski definition) is 4. The van der Waals surface area contributed by atoms with Gasteiger partial charge < -0.3 is 4.74 Å². The van der Waals surface area contributed by atoms with Crippen LogP contribution < -0.4 is 4.31 Å². The average Bonchev–Trinajstić information content (AvgIpc) is 2.40. The predicted molar refractivity (Wildman–Crippen MR) is 70.7 cm³/mol. The van der Waals surface area contributed by atoms with Crippen molar-refractivity contribution in [2.75, 3.05) is 24.2 Å². The molecule has 0 aliphatic heterocycles. The van der Waals surface area contributed by atoms with Gasteiger partial charge in [0.05, 0.1) is 30.2 Å². The van der Waals surface area contributed by atoms with E-state index in [1.54, 1.807) is 0 Å². The highest BCUT2D eigenvalue weighted by atomic mass is 32.2. The first-order valence-corrected chi connectivity index (χ1v) is 7.85. The number of hydrogen-bond donors (Lipinski definition) is 0. The van der Waals surface area contributed by atoms with E-state index in [9.17, 15) is 39.6 Å². The van der Waals surface area contributed by atoms with Gasteiger partial charge in [0.25, 0.3) is 0 Å². The van der Waals surface area contributed by atoms with Crippen molar-refractivity contribution >= 4 is 21.7 Å². The Morgan fingerprint density at radius 1 is 1.04 bits per heavy atom. The maximum atomic E-state index is 12.8. The van der Waals surface area contributed by atoms with Gasteiger partial charge in [0, 0.05) is 0 Å². The first kappa shape index (κ1) is 20.1. The Balaban J connectivity index is 3.61. The molecule has 0 spiro atoms. The van der Waals surface area contributed by atoms with Crippen LogP contribution in [-0.2, 0) is 31.9 Å². The highest BCUT2D eigenvalue weighted by molar-refractivity contribution is 7.92. The highest BCUT2D eigenvalue weighted by Crippen LogP contribution is 2.38. The quantitative estimate of drug-likeness (QED) is 0.596. The van der Waals surface area contributed by atoms with Gasteiger partial charge in [0.15, 0.2) is 0 Å². The van der Waals surface area contributed by atoms with E-state index >= 15 is 0 Å². The van der Waals surface area contributed by atoms with Gasteiger partial charge >= 0.3 is 18.3 Å². The van der Waals surface area contributed by atoms with Crippen molar-refractivity contribution in [3.8, 4) is 0 Å². The molecule has 1 aromatic carbocycles. The van der Waals surface area contributed by atoms with E-state index in [1.165, 1.54) is 0 Å². The molecular formula is C12H11F6NO4S. The molecule has 0 heterocycles. The molecule has 1 rings (SSSR count). The number of esters is 1. The van der Waals surface area contributed by atoms with Crippen LogP contribution in [0, 0.1) is 0 Å². The minimum Gasteiger partial charge on any atom is -0.468 e. The minimum atomic E-state index is -5.15. The zero-order valence-electron chi connectivity index (χ0n) is 12.2. The molecule has 0 aliphatic carbocycles. The molecule has 0 saturated carbocycles. The lowest BCUT2D eigenvalue weighted by Crippen LogP contribution is -2.35. The van der Waals surface area contributed by atoms with Gasteiger partial charge in [-0.2, -0.15) is 26.3 Å². The molecule has 136 valence electrons. The van der Waals surface area contributed by atoms with Crippen LogP contribution in [0.3, 0.4) is 0 Å². The Labute approximate surface area is 132 Å². The summed E-state index contributed by atoms with van der Waals surface area (Å²) in [7, 11) is -3.46. The summed E-state index contributed by atoms with van der Waals surface area (Å²) in [6, 6.07) is 0.264. The molecule has 0 amide bonds. The van der Waals surface area contributed by atoms with Crippen LogP contribution in [0.2, 0.25) is 0 Å². The van der Waals surface area contributed by atoms with Crippen LogP contribution in [0.1, 0.15) is 11.1 Å². The van der Waals surface area contributed by atoms with Crippen LogP contribution in [0.25, 0.3) is 0 Å². The van der Waals surface area contributed by atoms with Crippen molar-refractivity contribution in [3.05, 3.63) is 29.3 Å². The summed E-state index contributed by atoms with van der Waals surface area (Å²) in [6.45, 7) is -1.08. The average molecular weight is 379 g/mol. The van der Waals surface area contributed by atoms with Crippen molar-refractivity contribution in [3.63, 3.8) is 0 Å². The lowest BCUT2D eigenvalue weighted by molar-refractivity contribution is -0.143. The molecule has 1 aromatic rings. The highest BCUT2D eigenvalue weighted by Gasteiger charge is 2.38. The molecule has 0 aliphatic rings. The van der Waals surface area contributed by atoms with Crippen molar-refractivity contribution < 1.29 is 44.3 Å². The smallest absolute Gasteiger partial charge is 0.416 e. The maximum Gasteiger partial charge on any atom is 0.416 e. The topological polar surface area (TPSA) is 63.7 Å². The third kappa shape index (κ3) is 5.01. The molecule has 24 heavy (non-hydrogen) atoms. The fraction of sp³-hybridized carbons (Fsp3) is 0.417. The SMILES string of the molecule is COC(=O)CN(c1cc(C(F)(F)F)cc(C(F)(F)F)c1)S(C)(=O)=O. The van der Waals surface area contributed by atoms with Gasteiger partial charge in [0.1, 0.15) is 6.54 Å². The van der Waals surface area contributed by atoms with Crippen molar-refractivity contribution in [2.24, 2.45) is 0 Å². The number of alkyl halides is 6. The molecule has 0 unspecified atom stereocenters. The van der Waals surface area contributed by atoms with E-state index in [1.807, 2.05) is 0 Å². The molecule has 0 N–H and O–H groups in total. The Morgan fingerprint density at radius 2 is 1.46 bits per heavy atom. The molecule has 5 nitrogen and oxygen atoms in total. The number of nitrogens with zero attached hydrogens (tertiary/aromatic N) is 1. The normalized spacial score (nSPS) is 12.8. The Morgan fingerprint density at radius 3 is 1.75 bits per heavy atom. The van der Waals surface area contributed by atoms with Crippen LogP contribution in [0.4, 0.5) is 32.0 Å². The second-order valence-corrected chi connectivity index (χ2v) is 6.52. The standard InChI is InChI=1S/C12H11F6NO4S/c1-23-10(20)6-19(24(2,21)22)9-4-7(11(13,14)15)3-8(5-9)12(16,17)18/h3-5H,6H2,1-2H3. The Kier molecular flexibility index (Phi) is 5.43. The largest absolute Gasteiger partial charge is 0.468 e. The van der Waals surface area contributed by atoms with Gasteiger partial charge in [-0.3, -0.25) is 9.10 Å². The number of methoxy groups -OCH3 is 1. The zero-order chi connectivity index (χ0) is 18.9. The molecule has 0 bridgehead atoms. The summed E-state index contributed by atoms with van der Waals surface area (Å²) in [4.78, 5) is 11.2. The van der Waals surface area contributed by atoms with E-state index in [0.717, 1.165) is 7.11 Å². The minimum absolute atomic E-state index is 0.101. The third-order valence-corrected chi connectivity index (χ3v) is 3.90. The maximum absolute atomic E-state index is 12.8. The number of anilines is 1. The summed E-state index contributed by atoms with van der Waals surface area (Å²) in [5.74, 6) is -1.16. The van der Waals surface area contributed by atoms with Gasteiger partial charge in [0.2, 0.25) is 10.0 Å². The van der Waals surface area contributed by atoms with Gasteiger partial charge in [-0.25, -0.2) is 8.42 Å².